The van der Waals surface area contributed by atoms with Gasteiger partial charge in [-0.15, -0.1) is 0 Å². The molecule has 78 valence electrons. The van der Waals surface area contributed by atoms with E-state index in [4.69, 9.17) is 5.26 Å². The number of nitrogens with one attached hydrogen (secondary N) is 1. The molecule has 1 aliphatic carbocycles. The molecule has 1 fully saturated rings. The van der Waals surface area contributed by atoms with Crippen LogP contribution in [0.15, 0.2) is 18.3 Å². The van der Waals surface area contributed by atoms with E-state index in [1.54, 1.807) is 6.20 Å². The van der Waals surface area contributed by atoms with Gasteiger partial charge in [-0.2, -0.15) is 5.26 Å². The molecule has 1 aliphatic rings. The van der Waals surface area contributed by atoms with Crippen LogP contribution in [-0.4, -0.2) is 11.5 Å². The van der Waals surface area contributed by atoms with Gasteiger partial charge in [0, 0.05) is 12.7 Å². The second kappa shape index (κ2) is 4.90. The molecule has 2 rings (SSSR count). The van der Waals surface area contributed by atoms with Crippen molar-refractivity contribution in [1.82, 2.24) is 10.3 Å². The predicted octanol–water partition coefficient (Wildman–Crippen LogP) is 1.84. The first kappa shape index (κ1) is 10.1. The Morgan fingerprint density at radius 1 is 1.53 bits per heavy atom. The van der Waals surface area contributed by atoms with E-state index in [2.05, 4.69) is 10.3 Å². The molecule has 1 heterocycles. The van der Waals surface area contributed by atoms with Crippen molar-refractivity contribution in [3.8, 4) is 6.07 Å². The number of rotatable bonds is 4. The van der Waals surface area contributed by atoms with E-state index in [1.807, 2.05) is 18.2 Å². The molecule has 15 heavy (non-hydrogen) atoms. The molecule has 1 saturated carbocycles. The molecule has 0 atom stereocenters. The van der Waals surface area contributed by atoms with Crippen LogP contribution in [0, 0.1) is 17.2 Å². The highest BCUT2D eigenvalue weighted by Gasteiger charge is 2.16. The fourth-order valence-corrected chi connectivity index (χ4v) is 1.76. The van der Waals surface area contributed by atoms with Crippen molar-refractivity contribution in [2.75, 3.05) is 6.54 Å². The van der Waals surface area contributed by atoms with Gasteiger partial charge >= 0.3 is 0 Å². The van der Waals surface area contributed by atoms with E-state index in [1.165, 1.54) is 19.3 Å². The van der Waals surface area contributed by atoms with E-state index < -0.39 is 0 Å². The average Bonchev–Trinajstić information content (AvgIpc) is 2.22. The van der Waals surface area contributed by atoms with Crippen LogP contribution in [0.25, 0.3) is 0 Å². The van der Waals surface area contributed by atoms with Gasteiger partial charge in [0.1, 0.15) is 11.8 Å². The summed E-state index contributed by atoms with van der Waals surface area (Å²) in [5, 5.41) is 12.1. The highest BCUT2D eigenvalue weighted by molar-refractivity contribution is 5.25. The maximum atomic E-state index is 8.69. The minimum absolute atomic E-state index is 0.498. The molecule has 0 radical (unpaired) electrons. The van der Waals surface area contributed by atoms with Crippen LogP contribution in [0.5, 0.6) is 0 Å². The molecule has 0 saturated heterocycles. The Morgan fingerprint density at radius 3 is 3.07 bits per heavy atom. The van der Waals surface area contributed by atoms with Crippen LogP contribution in [-0.2, 0) is 6.54 Å². The summed E-state index contributed by atoms with van der Waals surface area (Å²) in [4.78, 5) is 3.94. The Labute approximate surface area is 90.1 Å². The van der Waals surface area contributed by atoms with Crippen LogP contribution in [0.1, 0.15) is 30.5 Å². The van der Waals surface area contributed by atoms with E-state index in [-0.39, 0.29) is 0 Å². The largest absolute Gasteiger partial charge is 0.312 e. The molecule has 1 aromatic rings. The molecule has 0 aliphatic heterocycles. The van der Waals surface area contributed by atoms with Crippen molar-refractivity contribution in [3.63, 3.8) is 0 Å². The van der Waals surface area contributed by atoms with Crippen LogP contribution in [0.2, 0.25) is 0 Å². The molecule has 0 amide bonds. The second-order valence-corrected chi connectivity index (χ2v) is 4.09. The topological polar surface area (TPSA) is 48.7 Å². The number of aromatic nitrogens is 1. The van der Waals surface area contributed by atoms with E-state index in [9.17, 15) is 0 Å². The first-order chi connectivity index (χ1) is 7.38. The van der Waals surface area contributed by atoms with E-state index >= 15 is 0 Å². The van der Waals surface area contributed by atoms with E-state index in [0.717, 1.165) is 24.6 Å². The zero-order chi connectivity index (χ0) is 10.5. The van der Waals surface area contributed by atoms with Crippen molar-refractivity contribution < 1.29 is 0 Å². The summed E-state index contributed by atoms with van der Waals surface area (Å²) in [7, 11) is 0. The maximum Gasteiger partial charge on any atom is 0.140 e. The van der Waals surface area contributed by atoms with Gasteiger partial charge < -0.3 is 5.32 Å². The molecule has 0 bridgehead atoms. The van der Waals surface area contributed by atoms with Gasteiger partial charge in [-0.25, -0.2) is 4.98 Å². The van der Waals surface area contributed by atoms with Crippen molar-refractivity contribution >= 4 is 0 Å². The highest BCUT2D eigenvalue weighted by Crippen LogP contribution is 2.25. The number of hydrogen-bond acceptors (Lipinski definition) is 3. The van der Waals surface area contributed by atoms with Gasteiger partial charge in [-0.1, -0.05) is 6.42 Å². The normalized spacial score (nSPS) is 15.7. The zero-order valence-corrected chi connectivity index (χ0v) is 8.74. The SMILES string of the molecule is N#Cc1cc(CNCC2CCC2)ccn1. The average molecular weight is 201 g/mol. The van der Waals surface area contributed by atoms with Gasteiger partial charge in [0.2, 0.25) is 0 Å². The van der Waals surface area contributed by atoms with Crippen LogP contribution in [0.4, 0.5) is 0 Å². The third kappa shape index (κ3) is 2.77. The Balaban J connectivity index is 1.79. The maximum absolute atomic E-state index is 8.69. The first-order valence-electron chi connectivity index (χ1n) is 5.44. The van der Waals surface area contributed by atoms with Crippen LogP contribution < -0.4 is 5.32 Å². The lowest BCUT2D eigenvalue weighted by molar-refractivity contribution is 0.301. The van der Waals surface area contributed by atoms with Crippen LogP contribution in [0.3, 0.4) is 0 Å². The Kier molecular flexibility index (Phi) is 3.31. The molecule has 1 N–H and O–H groups in total. The third-order valence-corrected chi connectivity index (χ3v) is 2.93. The van der Waals surface area contributed by atoms with Gasteiger partial charge in [-0.3, -0.25) is 0 Å². The smallest absolute Gasteiger partial charge is 0.140 e. The quantitative estimate of drug-likeness (QED) is 0.808. The van der Waals surface area contributed by atoms with Gasteiger partial charge in [0.15, 0.2) is 0 Å². The highest BCUT2D eigenvalue weighted by atomic mass is 14.9. The summed E-state index contributed by atoms with van der Waals surface area (Å²) in [6, 6.07) is 5.84. The number of nitriles is 1. The fraction of sp³-hybridized carbons (Fsp3) is 0.500. The monoisotopic (exact) mass is 201 g/mol. The van der Waals surface area contributed by atoms with Crippen molar-refractivity contribution in [1.29, 1.82) is 5.26 Å². The predicted molar refractivity (Wildman–Crippen MR) is 58.0 cm³/mol. The molecule has 3 nitrogen and oxygen atoms in total. The van der Waals surface area contributed by atoms with Crippen LogP contribution >= 0.6 is 0 Å². The fourth-order valence-electron chi connectivity index (χ4n) is 1.76. The minimum Gasteiger partial charge on any atom is -0.312 e. The van der Waals surface area contributed by atoms with Crippen molar-refractivity contribution in [2.24, 2.45) is 5.92 Å². The first-order valence-corrected chi connectivity index (χ1v) is 5.44. The number of nitrogens with zero attached hydrogens (tertiary/aromatic N) is 2. The lowest BCUT2D eigenvalue weighted by Crippen LogP contribution is -2.26. The second-order valence-electron chi connectivity index (χ2n) is 4.09. The zero-order valence-electron chi connectivity index (χ0n) is 8.74. The number of pyridine rings is 1. The molecule has 3 heteroatoms. The lowest BCUT2D eigenvalue weighted by Gasteiger charge is -2.25. The lowest BCUT2D eigenvalue weighted by atomic mass is 9.85. The molecular weight excluding hydrogens is 186 g/mol. The Morgan fingerprint density at radius 2 is 2.40 bits per heavy atom. The standard InChI is InChI=1S/C12H15N3/c13-7-12-6-11(4-5-15-12)9-14-8-10-2-1-3-10/h4-6,10,14H,1-3,8-9H2. The Hall–Kier alpha value is -1.40. The molecular formula is C12H15N3. The summed E-state index contributed by atoms with van der Waals surface area (Å²) in [6.07, 6.45) is 5.82. The molecule has 1 aromatic heterocycles. The Bertz CT molecular complexity index is 363. The van der Waals surface area contributed by atoms with Crippen molar-refractivity contribution in [2.45, 2.75) is 25.8 Å². The van der Waals surface area contributed by atoms with Gasteiger partial charge in [0.05, 0.1) is 0 Å². The van der Waals surface area contributed by atoms with Gasteiger partial charge in [-0.05, 0) is 43.0 Å². The molecule has 0 aromatic carbocycles. The summed E-state index contributed by atoms with van der Waals surface area (Å²) >= 11 is 0. The minimum atomic E-state index is 0.498. The summed E-state index contributed by atoms with van der Waals surface area (Å²) in [5.41, 5.74) is 1.64. The van der Waals surface area contributed by atoms with E-state index in [0.29, 0.717) is 5.69 Å². The third-order valence-electron chi connectivity index (χ3n) is 2.93. The van der Waals surface area contributed by atoms with Gasteiger partial charge in [0.25, 0.3) is 0 Å². The summed E-state index contributed by atoms with van der Waals surface area (Å²) < 4.78 is 0. The van der Waals surface area contributed by atoms with Crippen molar-refractivity contribution in [3.05, 3.63) is 29.6 Å². The summed E-state index contributed by atoms with van der Waals surface area (Å²) in [6.45, 7) is 1.94. The molecule has 0 spiro atoms. The molecule has 0 unspecified atom stereocenters. The summed E-state index contributed by atoms with van der Waals surface area (Å²) in [5.74, 6) is 0.877. The number of hydrogen-bond donors (Lipinski definition) is 1.